The maximum absolute atomic E-state index is 4.25. The van der Waals surface area contributed by atoms with Gasteiger partial charge in [-0.05, 0) is 31.6 Å². The first-order chi connectivity index (χ1) is 9.22. The molecule has 1 atom stereocenters. The lowest BCUT2D eigenvalue weighted by Gasteiger charge is -2.24. The maximum Gasteiger partial charge on any atom is 0.191 e. The summed E-state index contributed by atoms with van der Waals surface area (Å²) in [5.74, 6) is 2.16. The number of aliphatic imine (C=N–C) groups is 1. The molecule has 1 unspecified atom stereocenters. The van der Waals surface area contributed by atoms with Crippen molar-refractivity contribution in [1.29, 1.82) is 0 Å². The Kier molecular flexibility index (Phi) is 5.13. The first-order valence-electron chi connectivity index (χ1n) is 6.78. The Morgan fingerprint density at radius 3 is 3.05 bits per heavy atom. The van der Waals surface area contributed by atoms with Crippen molar-refractivity contribution in [3.63, 3.8) is 0 Å². The molecule has 1 aromatic heterocycles. The van der Waals surface area contributed by atoms with Crippen molar-refractivity contribution in [2.75, 3.05) is 25.9 Å². The van der Waals surface area contributed by atoms with E-state index in [1.165, 1.54) is 18.6 Å². The van der Waals surface area contributed by atoms with Crippen LogP contribution < -0.4 is 10.6 Å². The molecular weight excluding hydrogens is 258 g/mol. The maximum atomic E-state index is 4.25. The highest BCUT2D eigenvalue weighted by Crippen LogP contribution is 2.36. The molecule has 5 nitrogen and oxygen atoms in total. The smallest absolute Gasteiger partial charge is 0.191 e. The van der Waals surface area contributed by atoms with E-state index in [1.807, 2.05) is 24.0 Å². The standard InChI is InChI=1S/C13H23N5S/c1-13(5-3-10-19-13)11-16-12(14-2)15-7-9-18-8-4-6-17-18/h4,6,8H,3,5,7,9-11H2,1-2H3,(H2,14,15,16). The summed E-state index contributed by atoms with van der Waals surface area (Å²) in [6.07, 6.45) is 6.38. The Bertz CT molecular complexity index is 395. The predicted octanol–water partition coefficient (Wildman–Crippen LogP) is 1.33. The summed E-state index contributed by atoms with van der Waals surface area (Å²) < 4.78 is 2.27. The summed E-state index contributed by atoms with van der Waals surface area (Å²) in [6, 6.07) is 1.94. The summed E-state index contributed by atoms with van der Waals surface area (Å²) in [5.41, 5.74) is 0. The Morgan fingerprint density at radius 2 is 2.42 bits per heavy atom. The molecule has 0 saturated carbocycles. The third-order valence-electron chi connectivity index (χ3n) is 3.35. The van der Waals surface area contributed by atoms with Gasteiger partial charge >= 0.3 is 0 Å². The van der Waals surface area contributed by atoms with Gasteiger partial charge in [0.25, 0.3) is 0 Å². The van der Waals surface area contributed by atoms with E-state index in [4.69, 9.17) is 0 Å². The molecule has 0 amide bonds. The van der Waals surface area contributed by atoms with Crippen molar-refractivity contribution in [2.24, 2.45) is 4.99 Å². The Labute approximate surface area is 119 Å². The van der Waals surface area contributed by atoms with Crippen LogP contribution in [0.3, 0.4) is 0 Å². The fourth-order valence-electron chi connectivity index (χ4n) is 2.19. The molecule has 1 aromatic rings. The first-order valence-corrected chi connectivity index (χ1v) is 7.76. The monoisotopic (exact) mass is 281 g/mol. The topological polar surface area (TPSA) is 54.2 Å². The van der Waals surface area contributed by atoms with Crippen LogP contribution in [0.4, 0.5) is 0 Å². The number of hydrogen-bond donors (Lipinski definition) is 2. The van der Waals surface area contributed by atoms with Crippen molar-refractivity contribution >= 4 is 17.7 Å². The number of nitrogens with zero attached hydrogens (tertiary/aromatic N) is 3. The zero-order valence-corrected chi connectivity index (χ0v) is 12.5. The molecule has 6 heteroatoms. The average molecular weight is 281 g/mol. The second-order valence-corrected chi connectivity index (χ2v) is 6.71. The molecule has 2 heterocycles. The fraction of sp³-hybridized carbons (Fsp3) is 0.692. The number of thioether (sulfide) groups is 1. The Balaban J connectivity index is 1.68. The largest absolute Gasteiger partial charge is 0.355 e. The van der Waals surface area contributed by atoms with E-state index < -0.39 is 0 Å². The first kappa shape index (κ1) is 14.2. The second-order valence-electron chi connectivity index (χ2n) is 5.02. The van der Waals surface area contributed by atoms with Crippen molar-refractivity contribution in [2.45, 2.75) is 31.1 Å². The third-order valence-corrected chi connectivity index (χ3v) is 4.88. The van der Waals surface area contributed by atoms with Crippen molar-refractivity contribution in [3.8, 4) is 0 Å². The zero-order valence-electron chi connectivity index (χ0n) is 11.7. The predicted molar refractivity (Wildman–Crippen MR) is 81.7 cm³/mol. The van der Waals surface area contributed by atoms with Crippen LogP contribution in [0.25, 0.3) is 0 Å². The molecule has 0 bridgehead atoms. The lowest BCUT2D eigenvalue weighted by atomic mass is 10.1. The van der Waals surface area contributed by atoms with E-state index >= 15 is 0 Å². The van der Waals surface area contributed by atoms with Gasteiger partial charge in [-0.15, -0.1) is 0 Å². The van der Waals surface area contributed by atoms with Gasteiger partial charge in [0.05, 0.1) is 6.54 Å². The fourth-order valence-corrected chi connectivity index (χ4v) is 3.43. The highest BCUT2D eigenvalue weighted by molar-refractivity contribution is 8.00. The van der Waals surface area contributed by atoms with Crippen molar-refractivity contribution < 1.29 is 0 Å². The SMILES string of the molecule is CN=C(NCCn1cccn1)NCC1(C)CCCS1. The second kappa shape index (κ2) is 6.84. The number of nitrogens with one attached hydrogen (secondary N) is 2. The van der Waals surface area contributed by atoms with E-state index in [-0.39, 0.29) is 0 Å². The molecule has 0 aliphatic carbocycles. The van der Waals surface area contributed by atoms with Gasteiger partial charge in [0.2, 0.25) is 0 Å². The minimum Gasteiger partial charge on any atom is -0.355 e. The van der Waals surface area contributed by atoms with Gasteiger partial charge in [-0.3, -0.25) is 9.67 Å². The molecule has 2 rings (SSSR count). The average Bonchev–Trinajstić information content (AvgIpc) is 3.06. The quantitative estimate of drug-likeness (QED) is 0.631. The Morgan fingerprint density at radius 1 is 1.53 bits per heavy atom. The minimum absolute atomic E-state index is 0.361. The highest BCUT2D eigenvalue weighted by Gasteiger charge is 2.29. The zero-order chi connectivity index (χ0) is 13.6. The summed E-state index contributed by atoms with van der Waals surface area (Å²) in [6.45, 7) is 4.97. The lowest BCUT2D eigenvalue weighted by Crippen LogP contribution is -2.44. The van der Waals surface area contributed by atoms with Crippen LogP contribution in [-0.2, 0) is 6.54 Å². The van der Waals surface area contributed by atoms with E-state index in [2.05, 4.69) is 39.4 Å². The molecule has 19 heavy (non-hydrogen) atoms. The van der Waals surface area contributed by atoms with E-state index in [1.54, 1.807) is 6.20 Å². The molecule has 0 spiro atoms. The van der Waals surface area contributed by atoms with Gasteiger partial charge in [0, 0.05) is 37.3 Å². The van der Waals surface area contributed by atoms with Gasteiger partial charge in [0.15, 0.2) is 5.96 Å². The molecule has 1 fully saturated rings. The van der Waals surface area contributed by atoms with Crippen LogP contribution in [0.1, 0.15) is 19.8 Å². The van der Waals surface area contributed by atoms with Crippen LogP contribution in [-0.4, -0.2) is 46.4 Å². The number of aromatic nitrogens is 2. The lowest BCUT2D eigenvalue weighted by molar-refractivity contribution is 0.572. The van der Waals surface area contributed by atoms with Gasteiger partial charge in [-0.2, -0.15) is 16.9 Å². The molecule has 2 N–H and O–H groups in total. The molecule has 0 radical (unpaired) electrons. The highest BCUT2D eigenvalue weighted by atomic mass is 32.2. The molecule has 0 aromatic carbocycles. The van der Waals surface area contributed by atoms with Crippen LogP contribution in [0.15, 0.2) is 23.5 Å². The van der Waals surface area contributed by atoms with Crippen molar-refractivity contribution in [1.82, 2.24) is 20.4 Å². The number of guanidine groups is 1. The van der Waals surface area contributed by atoms with E-state index in [9.17, 15) is 0 Å². The van der Waals surface area contributed by atoms with Crippen LogP contribution in [0.2, 0.25) is 0 Å². The molecular formula is C13H23N5S. The van der Waals surface area contributed by atoms with Crippen LogP contribution in [0, 0.1) is 0 Å². The molecule has 1 aliphatic rings. The normalized spacial score (nSPS) is 23.6. The van der Waals surface area contributed by atoms with Crippen molar-refractivity contribution in [3.05, 3.63) is 18.5 Å². The van der Waals surface area contributed by atoms with Gasteiger partial charge < -0.3 is 10.6 Å². The molecule has 106 valence electrons. The van der Waals surface area contributed by atoms with Gasteiger partial charge in [-0.1, -0.05) is 0 Å². The van der Waals surface area contributed by atoms with Crippen LogP contribution >= 0.6 is 11.8 Å². The summed E-state index contributed by atoms with van der Waals surface area (Å²) in [7, 11) is 1.81. The van der Waals surface area contributed by atoms with E-state index in [0.29, 0.717) is 4.75 Å². The summed E-state index contributed by atoms with van der Waals surface area (Å²) >= 11 is 2.06. The summed E-state index contributed by atoms with van der Waals surface area (Å²) in [4.78, 5) is 4.25. The van der Waals surface area contributed by atoms with Gasteiger partial charge in [-0.25, -0.2) is 0 Å². The van der Waals surface area contributed by atoms with Gasteiger partial charge in [0.1, 0.15) is 0 Å². The Hall–Kier alpha value is -1.17. The number of rotatable bonds is 5. The van der Waals surface area contributed by atoms with Crippen LogP contribution in [0.5, 0.6) is 0 Å². The summed E-state index contributed by atoms with van der Waals surface area (Å²) in [5, 5.41) is 10.9. The third kappa shape index (κ3) is 4.45. The number of hydrogen-bond acceptors (Lipinski definition) is 3. The molecule has 1 saturated heterocycles. The minimum atomic E-state index is 0.361. The van der Waals surface area contributed by atoms with E-state index in [0.717, 1.165) is 25.6 Å². The molecule has 1 aliphatic heterocycles.